The first-order valence-corrected chi connectivity index (χ1v) is 7.91. The molecular weight excluding hydrogens is 278 g/mol. The first-order valence-electron chi connectivity index (χ1n) is 5.32. The lowest BCUT2D eigenvalue weighted by Crippen LogP contribution is -2.46. The Hall–Kier alpha value is -1.06. The highest BCUT2D eigenvalue weighted by Crippen LogP contribution is 2.25. The number of thioether (sulfide) groups is 1. The molecule has 2 N–H and O–H groups in total. The number of aliphatic carboxylic acids is 1. The van der Waals surface area contributed by atoms with Gasteiger partial charge in [-0.3, -0.25) is 9.89 Å². The zero-order valence-corrected chi connectivity index (χ0v) is 11.1. The lowest BCUT2D eigenvalue weighted by atomic mass is 10.2. The van der Waals surface area contributed by atoms with Gasteiger partial charge in [0.1, 0.15) is 4.90 Å². The van der Waals surface area contributed by atoms with Crippen LogP contribution in [0.4, 0.5) is 0 Å². The average Bonchev–Trinajstić information content (AvgIpc) is 2.82. The van der Waals surface area contributed by atoms with Crippen molar-refractivity contribution < 1.29 is 18.3 Å². The fourth-order valence-electron chi connectivity index (χ4n) is 1.83. The van der Waals surface area contributed by atoms with E-state index in [1.54, 1.807) is 11.8 Å². The van der Waals surface area contributed by atoms with E-state index in [2.05, 4.69) is 10.2 Å². The summed E-state index contributed by atoms with van der Waals surface area (Å²) in [6.07, 6.45) is 2.36. The molecule has 1 aromatic heterocycles. The predicted octanol–water partition coefficient (Wildman–Crippen LogP) is -0.00950. The standard InChI is InChI=1S/C9H13N3O4S2/c13-9(14)3-7-6-17-2-1-12(7)18(15,16)8-4-10-11-5-8/h4-5,7H,1-3,6H2,(H,10,11)(H,13,14). The van der Waals surface area contributed by atoms with Gasteiger partial charge >= 0.3 is 5.97 Å². The molecule has 0 aromatic carbocycles. The lowest BCUT2D eigenvalue weighted by Gasteiger charge is -2.33. The Labute approximate surface area is 109 Å². The summed E-state index contributed by atoms with van der Waals surface area (Å²) in [5.74, 6) is 0.186. The summed E-state index contributed by atoms with van der Waals surface area (Å²) in [5, 5.41) is 14.9. The van der Waals surface area contributed by atoms with Gasteiger partial charge in [-0.05, 0) is 0 Å². The number of nitrogens with one attached hydrogen (secondary N) is 1. The Bertz CT molecular complexity index is 514. The van der Waals surface area contributed by atoms with E-state index >= 15 is 0 Å². The molecule has 100 valence electrons. The molecule has 0 radical (unpaired) electrons. The summed E-state index contributed by atoms with van der Waals surface area (Å²) < 4.78 is 25.9. The van der Waals surface area contributed by atoms with Crippen molar-refractivity contribution >= 4 is 27.8 Å². The molecule has 1 atom stereocenters. The van der Waals surface area contributed by atoms with E-state index in [1.807, 2.05) is 0 Å². The molecule has 0 aliphatic carbocycles. The number of carboxylic acid groups (broad SMARTS) is 1. The van der Waals surface area contributed by atoms with E-state index in [0.29, 0.717) is 18.1 Å². The second-order valence-electron chi connectivity index (χ2n) is 3.88. The molecule has 1 aliphatic rings. The third-order valence-corrected chi connectivity index (χ3v) is 5.67. The number of carbonyl (C=O) groups is 1. The van der Waals surface area contributed by atoms with Crippen molar-refractivity contribution in [1.82, 2.24) is 14.5 Å². The Morgan fingerprint density at radius 3 is 3.06 bits per heavy atom. The van der Waals surface area contributed by atoms with Crippen molar-refractivity contribution in [2.45, 2.75) is 17.4 Å². The molecule has 0 amide bonds. The third kappa shape index (κ3) is 2.68. The van der Waals surface area contributed by atoms with E-state index in [4.69, 9.17) is 5.11 Å². The van der Waals surface area contributed by atoms with Crippen LogP contribution in [0, 0.1) is 0 Å². The molecule has 1 saturated heterocycles. The summed E-state index contributed by atoms with van der Waals surface area (Å²) >= 11 is 1.57. The lowest BCUT2D eigenvalue weighted by molar-refractivity contribution is -0.137. The fourth-order valence-corrected chi connectivity index (χ4v) is 4.64. The maximum absolute atomic E-state index is 12.3. The van der Waals surface area contributed by atoms with Crippen LogP contribution in [0.3, 0.4) is 0 Å². The zero-order valence-electron chi connectivity index (χ0n) is 9.44. The van der Waals surface area contributed by atoms with Crippen LogP contribution < -0.4 is 0 Å². The monoisotopic (exact) mass is 291 g/mol. The van der Waals surface area contributed by atoms with E-state index in [-0.39, 0.29) is 11.3 Å². The van der Waals surface area contributed by atoms with Crippen LogP contribution in [0.5, 0.6) is 0 Å². The topological polar surface area (TPSA) is 103 Å². The number of carboxylic acids is 1. The van der Waals surface area contributed by atoms with E-state index in [9.17, 15) is 13.2 Å². The number of hydrogen-bond acceptors (Lipinski definition) is 5. The largest absolute Gasteiger partial charge is 0.481 e. The zero-order chi connectivity index (χ0) is 13.2. The average molecular weight is 291 g/mol. The van der Waals surface area contributed by atoms with Crippen LogP contribution in [0.25, 0.3) is 0 Å². The molecule has 9 heteroatoms. The van der Waals surface area contributed by atoms with Gasteiger partial charge in [-0.2, -0.15) is 21.2 Å². The maximum Gasteiger partial charge on any atom is 0.305 e. The highest BCUT2D eigenvalue weighted by Gasteiger charge is 2.35. The SMILES string of the molecule is O=C(O)CC1CSCCN1S(=O)(=O)c1cn[nH]c1. The summed E-state index contributed by atoms with van der Waals surface area (Å²) in [5.41, 5.74) is 0. The Morgan fingerprint density at radius 1 is 1.67 bits per heavy atom. The normalized spacial score (nSPS) is 21.9. The Morgan fingerprint density at radius 2 is 2.44 bits per heavy atom. The molecule has 0 spiro atoms. The highest BCUT2D eigenvalue weighted by atomic mass is 32.2. The Kier molecular flexibility index (Phi) is 3.93. The maximum atomic E-state index is 12.3. The van der Waals surface area contributed by atoms with Gasteiger partial charge in [0.15, 0.2) is 0 Å². The smallest absolute Gasteiger partial charge is 0.305 e. The molecule has 2 heterocycles. The molecule has 7 nitrogen and oxygen atoms in total. The first kappa shape index (κ1) is 13.4. The number of aromatic amines is 1. The molecule has 1 aliphatic heterocycles. The molecule has 1 fully saturated rings. The number of aromatic nitrogens is 2. The number of hydrogen-bond donors (Lipinski definition) is 2. The number of rotatable bonds is 4. The minimum absolute atomic E-state index is 0.0739. The van der Waals surface area contributed by atoms with Crippen LogP contribution in [0.15, 0.2) is 17.3 Å². The highest BCUT2D eigenvalue weighted by molar-refractivity contribution is 7.99. The molecule has 0 bridgehead atoms. The molecule has 2 rings (SSSR count). The van der Waals surface area contributed by atoms with Crippen LogP contribution in [-0.2, 0) is 14.8 Å². The van der Waals surface area contributed by atoms with Gasteiger partial charge in [-0.15, -0.1) is 0 Å². The number of nitrogens with zero attached hydrogens (tertiary/aromatic N) is 2. The van der Waals surface area contributed by atoms with Crippen LogP contribution in [0.1, 0.15) is 6.42 Å². The van der Waals surface area contributed by atoms with Gasteiger partial charge in [0, 0.05) is 30.3 Å². The molecule has 1 unspecified atom stereocenters. The quantitative estimate of drug-likeness (QED) is 0.808. The Balaban J connectivity index is 2.26. The fraction of sp³-hybridized carbons (Fsp3) is 0.556. The second kappa shape index (κ2) is 5.29. The minimum atomic E-state index is -3.65. The third-order valence-electron chi connectivity index (χ3n) is 2.66. The number of H-pyrrole nitrogens is 1. The van der Waals surface area contributed by atoms with Crippen molar-refractivity contribution in [2.24, 2.45) is 0 Å². The molecule has 0 saturated carbocycles. The van der Waals surface area contributed by atoms with Gasteiger partial charge in [0.2, 0.25) is 10.0 Å². The first-order chi connectivity index (χ1) is 8.51. The molecule has 18 heavy (non-hydrogen) atoms. The molecular formula is C9H13N3O4S2. The van der Waals surface area contributed by atoms with Gasteiger partial charge in [0.25, 0.3) is 0 Å². The summed E-state index contributed by atoms with van der Waals surface area (Å²) in [7, 11) is -3.65. The summed E-state index contributed by atoms with van der Waals surface area (Å²) in [6.45, 7) is 0.329. The van der Waals surface area contributed by atoms with Gasteiger partial charge in [0.05, 0.1) is 12.6 Å². The van der Waals surface area contributed by atoms with Crippen molar-refractivity contribution in [1.29, 1.82) is 0 Å². The molecule has 1 aromatic rings. The summed E-state index contributed by atoms with van der Waals surface area (Å²) in [4.78, 5) is 10.9. The van der Waals surface area contributed by atoms with Gasteiger partial charge in [-0.1, -0.05) is 0 Å². The van der Waals surface area contributed by atoms with Gasteiger partial charge < -0.3 is 5.11 Å². The van der Waals surface area contributed by atoms with Crippen LogP contribution >= 0.6 is 11.8 Å². The van der Waals surface area contributed by atoms with E-state index in [0.717, 1.165) is 0 Å². The van der Waals surface area contributed by atoms with Crippen LogP contribution in [-0.4, -0.2) is 58.1 Å². The van der Waals surface area contributed by atoms with Crippen molar-refractivity contribution in [2.75, 3.05) is 18.1 Å². The predicted molar refractivity (Wildman–Crippen MR) is 65.8 cm³/mol. The van der Waals surface area contributed by atoms with E-state index < -0.39 is 22.0 Å². The van der Waals surface area contributed by atoms with E-state index in [1.165, 1.54) is 16.7 Å². The van der Waals surface area contributed by atoms with Crippen molar-refractivity contribution in [3.05, 3.63) is 12.4 Å². The van der Waals surface area contributed by atoms with Crippen molar-refractivity contribution in [3.8, 4) is 0 Å². The van der Waals surface area contributed by atoms with Crippen LogP contribution in [0.2, 0.25) is 0 Å². The number of sulfonamides is 1. The summed E-state index contributed by atoms with van der Waals surface area (Å²) in [6, 6.07) is -0.499. The minimum Gasteiger partial charge on any atom is -0.481 e. The van der Waals surface area contributed by atoms with Crippen molar-refractivity contribution in [3.63, 3.8) is 0 Å². The second-order valence-corrected chi connectivity index (χ2v) is 6.92. The van der Waals surface area contributed by atoms with Gasteiger partial charge in [-0.25, -0.2) is 8.42 Å².